The zero-order valence-corrected chi connectivity index (χ0v) is 11.6. The Labute approximate surface area is 117 Å². The van der Waals surface area contributed by atoms with Crippen LogP contribution >= 0.6 is 0 Å². The molecule has 2 aromatic heterocycles. The van der Waals surface area contributed by atoms with Crippen LogP contribution in [0.5, 0.6) is 0 Å². The van der Waals surface area contributed by atoms with Crippen molar-refractivity contribution in [2.45, 2.75) is 12.5 Å². The highest BCUT2D eigenvalue weighted by Gasteiger charge is 2.17. The Hall–Kier alpha value is -2.18. The van der Waals surface area contributed by atoms with Crippen molar-refractivity contribution in [1.29, 1.82) is 0 Å². The lowest BCUT2D eigenvalue weighted by Gasteiger charge is -2.15. The SMILES string of the molecule is Cn1nccc1C(Cc1nc2ccccc2n1C)NN. The fraction of sp³-hybridized carbons (Fsp3) is 0.286. The zero-order chi connectivity index (χ0) is 14.1. The predicted molar refractivity (Wildman–Crippen MR) is 77.7 cm³/mol. The van der Waals surface area contributed by atoms with Crippen molar-refractivity contribution in [3.05, 3.63) is 48.0 Å². The Bertz CT molecular complexity index is 726. The van der Waals surface area contributed by atoms with Gasteiger partial charge in [0, 0.05) is 26.7 Å². The fourth-order valence-electron chi connectivity index (χ4n) is 2.54. The van der Waals surface area contributed by atoms with E-state index >= 15 is 0 Å². The van der Waals surface area contributed by atoms with E-state index in [4.69, 9.17) is 5.84 Å². The Morgan fingerprint density at radius 3 is 2.70 bits per heavy atom. The Morgan fingerprint density at radius 1 is 1.25 bits per heavy atom. The highest BCUT2D eigenvalue weighted by molar-refractivity contribution is 5.75. The maximum Gasteiger partial charge on any atom is 0.111 e. The van der Waals surface area contributed by atoms with Crippen LogP contribution in [-0.2, 0) is 20.5 Å². The molecule has 2 heterocycles. The van der Waals surface area contributed by atoms with Crippen molar-refractivity contribution < 1.29 is 0 Å². The van der Waals surface area contributed by atoms with Gasteiger partial charge in [-0.2, -0.15) is 5.10 Å². The highest BCUT2D eigenvalue weighted by atomic mass is 15.3. The van der Waals surface area contributed by atoms with Crippen LogP contribution in [0.3, 0.4) is 0 Å². The van der Waals surface area contributed by atoms with Crippen LogP contribution in [0.4, 0.5) is 0 Å². The van der Waals surface area contributed by atoms with E-state index in [2.05, 4.69) is 26.1 Å². The largest absolute Gasteiger partial charge is 0.331 e. The maximum atomic E-state index is 5.70. The molecule has 0 aliphatic heterocycles. The normalized spacial score (nSPS) is 12.9. The van der Waals surface area contributed by atoms with Crippen molar-refractivity contribution in [2.75, 3.05) is 0 Å². The number of nitrogens with two attached hydrogens (primary N) is 1. The highest BCUT2D eigenvalue weighted by Crippen LogP contribution is 2.20. The van der Waals surface area contributed by atoms with Gasteiger partial charge in [0.2, 0.25) is 0 Å². The lowest BCUT2D eigenvalue weighted by atomic mass is 10.1. The number of rotatable bonds is 4. The molecule has 0 radical (unpaired) electrons. The van der Waals surface area contributed by atoms with Crippen LogP contribution in [-0.4, -0.2) is 19.3 Å². The molecule has 0 spiro atoms. The minimum atomic E-state index is -0.0157. The first kappa shape index (κ1) is 12.8. The number of nitrogens with one attached hydrogen (secondary N) is 1. The number of para-hydroxylation sites is 2. The van der Waals surface area contributed by atoms with Gasteiger partial charge in [0.15, 0.2) is 0 Å². The second-order valence-corrected chi connectivity index (χ2v) is 4.88. The first-order valence-corrected chi connectivity index (χ1v) is 6.55. The molecule has 0 amide bonds. The van der Waals surface area contributed by atoms with Crippen LogP contribution in [0.2, 0.25) is 0 Å². The number of aromatic nitrogens is 4. The van der Waals surface area contributed by atoms with Crippen LogP contribution < -0.4 is 11.3 Å². The van der Waals surface area contributed by atoms with Crippen LogP contribution in [0.25, 0.3) is 11.0 Å². The van der Waals surface area contributed by atoms with Crippen LogP contribution in [0.15, 0.2) is 36.5 Å². The topological polar surface area (TPSA) is 73.7 Å². The molecular weight excluding hydrogens is 252 g/mol. The molecule has 3 aromatic rings. The summed E-state index contributed by atoms with van der Waals surface area (Å²) in [5.41, 5.74) is 6.03. The monoisotopic (exact) mass is 270 g/mol. The van der Waals surface area contributed by atoms with Crippen molar-refractivity contribution in [3.8, 4) is 0 Å². The number of hydrogen-bond donors (Lipinski definition) is 2. The van der Waals surface area contributed by atoms with Gasteiger partial charge in [-0.1, -0.05) is 12.1 Å². The van der Waals surface area contributed by atoms with Crippen LogP contribution in [0, 0.1) is 0 Å². The first-order chi connectivity index (χ1) is 9.70. The molecule has 0 fully saturated rings. The third-order valence-electron chi connectivity index (χ3n) is 3.68. The van der Waals surface area contributed by atoms with Gasteiger partial charge in [-0.05, 0) is 18.2 Å². The summed E-state index contributed by atoms with van der Waals surface area (Å²) in [6, 6.07) is 10.1. The quantitative estimate of drug-likeness (QED) is 0.549. The summed E-state index contributed by atoms with van der Waals surface area (Å²) in [5, 5.41) is 4.19. The van der Waals surface area contributed by atoms with Gasteiger partial charge < -0.3 is 4.57 Å². The molecule has 1 unspecified atom stereocenters. The molecule has 0 aliphatic carbocycles. The van der Waals surface area contributed by atoms with E-state index in [1.807, 2.05) is 43.0 Å². The van der Waals surface area contributed by atoms with Crippen molar-refractivity contribution >= 4 is 11.0 Å². The second kappa shape index (κ2) is 5.07. The standard InChI is InChI=1S/C14H18N6/c1-19-12-6-4-3-5-10(12)17-14(19)9-11(18-15)13-7-8-16-20(13)2/h3-8,11,18H,9,15H2,1-2H3. The first-order valence-electron chi connectivity index (χ1n) is 6.55. The van der Waals surface area contributed by atoms with E-state index in [0.717, 1.165) is 22.6 Å². The Balaban J connectivity index is 1.95. The van der Waals surface area contributed by atoms with Gasteiger partial charge in [0.1, 0.15) is 5.82 Å². The van der Waals surface area contributed by atoms with Crippen LogP contribution in [0.1, 0.15) is 17.6 Å². The van der Waals surface area contributed by atoms with E-state index in [-0.39, 0.29) is 6.04 Å². The summed E-state index contributed by atoms with van der Waals surface area (Å²) < 4.78 is 3.93. The molecule has 0 saturated carbocycles. The van der Waals surface area contributed by atoms with Crippen molar-refractivity contribution in [2.24, 2.45) is 19.9 Å². The third-order valence-corrected chi connectivity index (χ3v) is 3.68. The van der Waals surface area contributed by atoms with Gasteiger partial charge in [-0.15, -0.1) is 0 Å². The average Bonchev–Trinajstić information content (AvgIpc) is 3.01. The molecule has 20 heavy (non-hydrogen) atoms. The summed E-state index contributed by atoms with van der Waals surface area (Å²) in [6.07, 6.45) is 2.48. The molecule has 1 atom stereocenters. The molecule has 6 nitrogen and oxygen atoms in total. The van der Waals surface area contributed by atoms with E-state index < -0.39 is 0 Å². The fourth-order valence-corrected chi connectivity index (χ4v) is 2.54. The number of hydrogen-bond acceptors (Lipinski definition) is 4. The molecule has 3 rings (SSSR count). The molecule has 0 bridgehead atoms. The van der Waals surface area contributed by atoms with Gasteiger partial charge >= 0.3 is 0 Å². The minimum absolute atomic E-state index is 0.0157. The molecule has 0 saturated heterocycles. The number of imidazole rings is 1. The molecular formula is C14H18N6. The summed E-state index contributed by atoms with van der Waals surface area (Å²) in [6.45, 7) is 0. The van der Waals surface area contributed by atoms with Gasteiger partial charge in [0.25, 0.3) is 0 Å². The predicted octanol–water partition coefficient (Wildman–Crippen LogP) is 1.05. The average molecular weight is 270 g/mol. The van der Waals surface area contributed by atoms with E-state index in [1.54, 1.807) is 6.20 Å². The molecule has 0 aliphatic rings. The number of fused-ring (bicyclic) bond motifs is 1. The Kier molecular flexibility index (Phi) is 3.25. The summed E-state index contributed by atoms with van der Waals surface area (Å²) in [4.78, 5) is 4.68. The summed E-state index contributed by atoms with van der Waals surface area (Å²) in [7, 11) is 3.94. The van der Waals surface area contributed by atoms with Gasteiger partial charge in [-0.25, -0.2) is 4.98 Å². The second-order valence-electron chi connectivity index (χ2n) is 4.88. The minimum Gasteiger partial charge on any atom is -0.331 e. The molecule has 3 N–H and O–H groups in total. The Morgan fingerprint density at radius 2 is 2.05 bits per heavy atom. The molecule has 6 heteroatoms. The molecule has 1 aromatic carbocycles. The zero-order valence-electron chi connectivity index (χ0n) is 11.6. The summed E-state index contributed by atoms with van der Waals surface area (Å²) in [5.74, 6) is 6.69. The van der Waals surface area contributed by atoms with Gasteiger partial charge in [-0.3, -0.25) is 16.0 Å². The number of benzene rings is 1. The number of hydrazine groups is 1. The van der Waals surface area contributed by atoms with Crippen molar-refractivity contribution in [3.63, 3.8) is 0 Å². The smallest absolute Gasteiger partial charge is 0.111 e. The molecule has 104 valence electrons. The third kappa shape index (κ3) is 2.09. The number of nitrogens with zero attached hydrogens (tertiary/aromatic N) is 4. The lowest BCUT2D eigenvalue weighted by Crippen LogP contribution is -2.31. The lowest BCUT2D eigenvalue weighted by molar-refractivity contribution is 0.494. The van der Waals surface area contributed by atoms with E-state index in [0.29, 0.717) is 6.42 Å². The maximum absolute atomic E-state index is 5.70. The number of aryl methyl sites for hydroxylation is 2. The summed E-state index contributed by atoms with van der Waals surface area (Å²) >= 11 is 0. The van der Waals surface area contributed by atoms with Crippen molar-refractivity contribution in [1.82, 2.24) is 24.8 Å². The van der Waals surface area contributed by atoms with E-state index in [1.165, 1.54) is 0 Å². The van der Waals surface area contributed by atoms with Gasteiger partial charge in [0.05, 0.1) is 22.8 Å². The van der Waals surface area contributed by atoms with E-state index in [9.17, 15) is 0 Å².